The number of carbonyl (C=O) groups excluding carboxylic acids is 1. The van der Waals surface area contributed by atoms with Gasteiger partial charge in [0.25, 0.3) is 5.91 Å². The van der Waals surface area contributed by atoms with Gasteiger partial charge in [0.05, 0.1) is 6.26 Å². The van der Waals surface area contributed by atoms with Gasteiger partial charge >= 0.3 is 0 Å². The van der Waals surface area contributed by atoms with E-state index in [0.29, 0.717) is 18.8 Å². The average molecular weight is 168 g/mol. The molecule has 4 heteroatoms. The number of hydrogen-bond donors (Lipinski definition) is 1. The zero-order chi connectivity index (χ0) is 8.97. The molecular formula is C8H12N2O2. The number of nitrogens with two attached hydrogens (primary N) is 1. The molecule has 0 saturated heterocycles. The summed E-state index contributed by atoms with van der Waals surface area (Å²) in [5, 5.41) is 0. The Kier molecular flexibility index (Phi) is 2.88. The first kappa shape index (κ1) is 8.80. The van der Waals surface area contributed by atoms with Crippen LogP contribution in [0.2, 0.25) is 0 Å². The first-order chi connectivity index (χ1) is 5.75. The Bertz CT molecular complexity index is 244. The van der Waals surface area contributed by atoms with E-state index >= 15 is 0 Å². The molecule has 0 aromatic carbocycles. The van der Waals surface area contributed by atoms with Crippen molar-refractivity contribution in [3.8, 4) is 0 Å². The molecule has 0 fully saturated rings. The van der Waals surface area contributed by atoms with Gasteiger partial charge in [0, 0.05) is 20.1 Å². The van der Waals surface area contributed by atoms with Crippen molar-refractivity contribution < 1.29 is 9.21 Å². The highest BCUT2D eigenvalue weighted by Crippen LogP contribution is 2.02. The van der Waals surface area contributed by atoms with Gasteiger partial charge in [0.15, 0.2) is 5.76 Å². The molecule has 4 nitrogen and oxygen atoms in total. The third-order valence-electron chi connectivity index (χ3n) is 1.54. The number of nitrogens with zero attached hydrogens (tertiary/aromatic N) is 1. The topological polar surface area (TPSA) is 59.5 Å². The summed E-state index contributed by atoms with van der Waals surface area (Å²) in [5.74, 6) is 0.219. The van der Waals surface area contributed by atoms with Gasteiger partial charge in [0.1, 0.15) is 0 Å². The largest absolute Gasteiger partial charge is 0.459 e. The summed E-state index contributed by atoms with van der Waals surface area (Å²) in [7, 11) is 1.69. The number of amides is 1. The Morgan fingerprint density at radius 3 is 3.00 bits per heavy atom. The zero-order valence-electron chi connectivity index (χ0n) is 6.99. The Balaban J connectivity index is 2.59. The summed E-state index contributed by atoms with van der Waals surface area (Å²) < 4.78 is 4.93. The van der Waals surface area contributed by atoms with Crippen LogP contribution in [-0.2, 0) is 0 Å². The van der Waals surface area contributed by atoms with Crippen LogP contribution in [-0.4, -0.2) is 30.9 Å². The van der Waals surface area contributed by atoms with Gasteiger partial charge in [-0.2, -0.15) is 0 Å². The van der Waals surface area contributed by atoms with E-state index in [4.69, 9.17) is 10.2 Å². The smallest absolute Gasteiger partial charge is 0.289 e. The predicted octanol–water partition coefficient (Wildman–Crippen LogP) is 0.310. The molecule has 1 rings (SSSR count). The van der Waals surface area contributed by atoms with E-state index in [1.165, 1.54) is 11.2 Å². The monoisotopic (exact) mass is 168 g/mol. The fourth-order valence-electron chi connectivity index (χ4n) is 0.884. The van der Waals surface area contributed by atoms with E-state index in [0.717, 1.165) is 0 Å². The number of likely N-dealkylation sites (N-methyl/N-ethyl adjacent to an activating group) is 1. The van der Waals surface area contributed by atoms with E-state index in [1.54, 1.807) is 19.2 Å². The molecule has 66 valence electrons. The SMILES string of the molecule is CN(CCN)C(=O)c1ccco1. The minimum Gasteiger partial charge on any atom is -0.459 e. The lowest BCUT2D eigenvalue weighted by Crippen LogP contribution is -2.31. The normalized spacial score (nSPS) is 9.83. The third kappa shape index (κ3) is 1.85. The first-order valence-electron chi connectivity index (χ1n) is 3.74. The molecule has 1 heterocycles. The summed E-state index contributed by atoms with van der Waals surface area (Å²) in [6.45, 7) is 1.00. The Morgan fingerprint density at radius 1 is 1.75 bits per heavy atom. The van der Waals surface area contributed by atoms with Crippen LogP contribution in [0.3, 0.4) is 0 Å². The molecule has 1 amide bonds. The van der Waals surface area contributed by atoms with Crippen LogP contribution in [0.4, 0.5) is 0 Å². The van der Waals surface area contributed by atoms with Crippen LogP contribution in [0, 0.1) is 0 Å². The van der Waals surface area contributed by atoms with Gasteiger partial charge < -0.3 is 15.1 Å². The summed E-state index contributed by atoms with van der Waals surface area (Å²) in [4.78, 5) is 12.9. The average Bonchev–Trinajstić information content (AvgIpc) is 2.55. The number of rotatable bonds is 3. The van der Waals surface area contributed by atoms with Crippen LogP contribution in [0.15, 0.2) is 22.8 Å². The molecule has 0 aliphatic rings. The molecule has 2 N–H and O–H groups in total. The number of hydrogen-bond acceptors (Lipinski definition) is 3. The quantitative estimate of drug-likeness (QED) is 0.706. The van der Waals surface area contributed by atoms with E-state index in [2.05, 4.69) is 0 Å². The van der Waals surface area contributed by atoms with E-state index in [1.807, 2.05) is 0 Å². The molecule has 1 aromatic rings. The van der Waals surface area contributed by atoms with Gasteiger partial charge in [-0.15, -0.1) is 0 Å². The molecular weight excluding hydrogens is 156 g/mol. The summed E-state index contributed by atoms with van der Waals surface area (Å²) in [6, 6.07) is 3.32. The summed E-state index contributed by atoms with van der Waals surface area (Å²) >= 11 is 0. The minimum atomic E-state index is -0.134. The van der Waals surface area contributed by atoms with E-state index in [-0.39, 0.29) is 5.91 Å². The van der Waals surface area contributed by atoms with Crippen molar-refractivity contribution in [2.45, 2.75) is 0 Å². The maximum absolute atomic E-state index is 11.4. The van der Waals surface area contributed by atoms with E-state index < -0.39 is 0 Å². The van der Waals surface area contributed by atoms with E-state index in [9.17, 15) is 4.79 Å². The van der Waals surface area contributed by atoms with Gasteiger partial charge in [-0.3, -0.25) is 4.79 Å². The maximum atomic E-state index is 11.4. The predicted molar refractivity (Wildman–Crippen MR) is 44.7 cm³/mol. The molecule has 0 spiro atoms. The highest BCUT2D eigenvalue weighted by atomic mass is 16.3. The van der Waals surface area contributed by atoms with Gasteiger partial charge in [-0.05, 0) is 12.1 Å². The van der Waals surface area contributed by atoms with Crippen LogP contribution >= 0.6 is 0 Å². The molecule has 0 saturated carbocycles. The van der Waals surface area contributed by atoms with Crippen molar-refractivity contribution >= 4 is 5.91 Å². The third-order valence-corrected chi connectivity index (χ3v) is 1.54. The van der Waals surface area contributed by atoms with Crippen LogP contribution in [0.25, 0.3) is 0 Å². The fourth-order valence-corrected chi connectivity index (χ4v) is 0.884. The second-order valence-electron chi connectivity index (χ2n) is 2.49. The zero-order valence-corrected chi connectivity index (χ0v) is 6.99. The van der Waals surface area contributed by atoms with Crippen molar-refractivity contribution in [2.75, 3.05) is 20.1 Å². The van der Waals surface area contributed by atoms with Gasteiger partial charge in [-0.25, -0.2) is 0 Å². The van der Waals surface area contributed by atoms with Gasteiger partial charge in [0.2, 0.25) is 0 Å². The maximum Gasteiger partial charge on any atom is 0.289 e. The number of furan rings is 1. The second-order valence-corrected chi connectivity index (χ2v) is 2.49. The molecule has 0 unspecified atom stereocenters. The molecule has 0 aliphatic carbocycles. The van der Waals surface area contributed by atoms with Crippen molar-refractivity contribution in [3.63, 3.8) is 0 Å². The van der Waals surface area contributed by atoms with Crippen molar-refractivity contribution in [2.24, 2.45) is 5.73 Å². The molecule has 0 bridgehead atoms. The van der Waals surface area contributed by atoms with Crippen molar-refractivity contribution in [3.05, 3.63) is 24.2 Å². The summed E-state index contributed by atoms with van der Waals surface area (Å²) in [5.41, 5.74) is 5.30. The van der Waals surface area contributed by atoms with Crippen LogP contribution in [0.1, 0.15) is 10.6 Å². The molecule has 0 atom stereocenters. The lowest BCUT2D eigenvalue weighted by atomic mass is 10.4. The van der Waals surface area contributed by atoms with Crippen LogP contribution < -0.4 is 5.73 Å². The highest BCUT2D eigenvalue weighted by molar-refractivity contribution is 5.91. The molecule has 1 aromatic heterocycles. The van der Waals surface area contributed by atoms with Gasteiger partial charge in [-0.1, -0.05) is 0 Å². The molecule has 0 radical (unpaired) electrons. The van der Waals surface area contributed by atoms with Crippen LogP contribution in [0.5, 0.6) is 0 Å². The Hall–Kier alpha value is -1.29. The Morgan fingerprint density at radius 2 is 2.50 bits per heavy atom. The molecule has 12 heavy (non-hydrogen) atoms. The first-order valence-corrected chi connectivity index (χ1v) is 3.74. The highest BCUT2D eigenvalue weighted by Gasteiger charge is 2.12. The van der Waals surface area contributed by atoms with Crippen molar-refractivity contribution in [1.29, 1.82) is 0 Å². The lowest BCUT2D eigenvalue weighted by Gasteiger charge is -2.13. The molecule has 0 aliphatic heterocycles. The second kappa shape index (κ2) is 3.92. The lowest BCUT2D eigenvalue weighted by molar-refractivity contribution is 0.0767. The fraction of sp³-hybridized carbons (Fsp3) is 0.375. The number of carbonyl (C=O) groups is 1. The summed E-state index contributed by atoms with van der Waals surface area (Å²) in [6.07, 6.45) is 1.48. The standard InChI is InChI=1S/C8H12N2O2/c1-10(5-4-9)8(11)7-3-2-6-12-7/h2-3,6H,4-5,9H2,1H3. The minimum absolute atomic E-state index is 0.134. The van der Waals surface area contributed by atoms with Crippen molar-refractivity contribution in [1.82, 2.24) is 4.90 Å². The Labute approximate surface area is 70.9 Å².